The second-order valence-electron chi connectivity index (χ2n) is 3.55. The van der Waals surface area contributed by atoms with Gasteiger partial charge in [-0.25, -0.2) is 0 Å². The Morgan fingerprint density at radius 1 is 1.44 bits per heavy atom. The van der Waals surface area contributed by atoms with Gasteiger partial charge in [-0.1, -0.05) is 6.07 Å². The summed E-state index contributed by atoms with van der Waals surface area (Å²) in [5, 5.41) is 5.77. The van der Waals surface area contributed by atoms with Gasteiger partial charge in [0, 0.05) is 25.2 Å². The summed E-state index contributed by atoms with van der Waals surface area (Å²) in [6, 6.07) is 3.15. The van der Waals surface area contributed by atoms with Crippen LogP contribution in [-0.4, -0.2) is 24.5 Å². The topological polar surface area (TPSA) is 74.0 Å². The minimum Gasteiger partial charge on any atom is -0.352 e. The molecule has 1 heterocycles. The van der Waals surface area contributed by atoms with E-state index in [0.717, 1.165) is 18.5 Å². The molecule has 0 unspecified atom stereocenters. The summed E-state index contributed by atoms with van der Waals surface area (Å²) in [7, 11) is 1.86. The number of H-pyrrole nitrogens is 1. The highest BCUT2D eigenvalue weighted by atomic mass is 16.1. The molecule has 0 aliphatic heterocycles. The van der Waals surface area contributed by atoms with Gasteiger partial charge in [0.2, 0.25) is 11.5 Å². The standard InChI is InChI=1S/C11H17N3O2/c1-12-6-2-3-10(15)13-7-9-4-5-11(16)14-8-9/h4-5,8,12H,2-3,6-7H2,1H3,(H,13,15)(H,14,16). The van der Waals surface area contributed by atoms with Crippen molar-refractivity contribution in [2.24, 2.45) is 0 Å². The van der Waals surface area contributed by atoms with E-state index in [-0.39, 0.29) is 11.5 Å². The van der Waals surface area contributed by atoms with E-state index < -0.39 is 0 Å². The highest BCUT2D eigenvalue weighted by Gasteiger charge is 2.00. The molecule has 0 aliphatic carbocycles. The van der Waals surface area contributed by atoms with Gasteiger partial charge in [0.1, 0.15) is 0 Å². The molecule has 88 valence electrons. The quantitative estimate of drug-likeness (QED) is 0.594. The SMILES string of the molecule is CNCCCC(=O)NCc1ccc(=O)[nH]c1. The zero-order chi connectivity index (χ0) is 11.8. The molecule has 0 bridgehead atoms. The van der Waals surface area contributed by atoms with Crippen molar-refractivity contribution in [3.05, 3.63) is 34.2 Å². The van der Waals surface area contributed by atoms with Crippen LogP contribution in [0.25, 0.3) is 0 Å². The molecule has 16 heavy (non-hydrogen) atoms. The molecule has 3 N–H and O–H groups in total. The van der Waals surface area contributed by atoms with Crippen LogP contribution in [-0.2, 0) is 11.3 Å². The molecule has 1 rings (SSSR count). The first kappa shape index (κ1) is 12.4. The molecule has 0 saturated heterocycles. The van der Waals surface area contributed by atoms with Crippen molar-refractivity contribution in [1.29, 1.82) is 0 Å². The number of rotatable bonds is 6. The van der Waals surface area contributed by atoms with Crippen LogP contribution < -0.4 is 16.2 Å². The van der Waals surface area contributed by atoms with Gasteiger partial charge >= 0.3 is 0 Å². The Morgan fingerprint density at radius 3 is 2.88 bits per heavy atom. The van der Waals surface area contributed by atoms with Crippen LogP contribution in [0.15, 0.2) is 23.1 Å². The molecule has 0 saturated carbocycles. The van der Waals surface area contributed by atoms with Gasteiger partial charge in [0.25, 0.3) is 0 Å². The maximum atomic E-state index is 11.3. The number of nitrogens with one attached hydrogen (secondary N) is 3. The van der Waals surface area contributed by atoms with Crippen LogP contribution in [0.2, 0.25) is 0 Å². The number of aromatic amines is 1. The predicted molar refractivity (Wildman–Crippen MR) is 62.1 cm³/mol. The lowest BCUT2D eigenvalue weighted by Crippen LogP contribution is -2.24. The van der Waals surface area contributed by atoms with Crippen LogP contribution in [0.3, 0.4) is 0 Å². The van der Waals surface area contributed by atoms with Crippen molar-refractivity contribution in [2.75, 3.05) is 13.6 Å². The van der Waals surface area contributed by atoms with Gasteiger partial charge in [-0.15, -0.1) is 0 Å². The predicted octanol–water partition coefficient (Wildman–Crippen LogP) is -0.00930. The molecule has 0 radical (unpaired) electrons. The summed E-state index contributed by atoms with van der Waals surface area (Å²) >= 11 is 0. The lowest BCUT2D eigenvalue weighted by atomic mass is 10.2. The first-order chi connectivity index (χ1) is 7.72. The lowest BCUT2D eigenvalue weighted by molar-refractivity contribution is -0.121. The van der Waals surface area contributed by atoms with Crippen molar-refractivity contribution in [2.45, 2.75) is 19.4 Å². The second kappa shape index (κ2) is 6.79. The smallest absolute Gasteiger partial charge is 0.247 e. The van der Waals surface area contributed by atoms with Gasteiger partial charge in [-0.2, -0.15) is 0 Å². The van der Waals surface area contributed by atoms with Crippen LogP contribution in [0.1, 0.15) is 18.4 Å². The summed E-state index contributed by atoms with van der Waals surface area (Å²) < 4.78 is 0. The highest BCUT2D eigenvalue weighted by molar-refractivity contribution is 5.75. The molecule has 0 fully saturated rings. The average Bonchev–Trinajstić information content (AvgIpc) is 2.29. The summed E-state index contributed by atoms with van der Waals surface area (Å²) in [5.74, 6) is 0.0291. The minimum atomic E-state index is -0.135. The summed E-state index contributed by atoms with van der Waals surface area (Å²) in [4.78, 5) is 24.7. The zero-order valence-corrected chi connectivity index (χ0v) is 9.38. The third-order valence-corrected chi connectivity index (χ3v) is 2.17. The number of amides is 1. The lowest BCUT2D eigenvalue weighted by Gasteiger charge is -2.04. The molecular weight excluding hydrogens is 206 g/mol. The van der Waals surface area contributed by atoms with Crippen molar-refractivity contribution in [3.63, 3.8) is 0 Å². The van der Waals surface area contributed by atoms with Crippen molar-refractivity contribution in [3.8, 4) is 0 Å². The van der Waals surface area contributed by atoms with Gasteiger partial charge in [0.15, 0.2) is 0 Å². The largest absolute Gasteiger partial charge is 0.352 e. The van der Waals surface area contributed by atoms with Crippen LogP contribution in [0.4, 0.5) is 0 Å². The number of carbonyl (C=O) groups is 1. The van der Waals surface area contributed by atoms with E-state index in [1.807, 2.05) is 7.05 Å². The van der Waals surface area contributed by atoms with E-state index in [4.69, 9.17) is 0 Å². The highest BCUT2D eigenvalue weighted by Crippen LogP contribution is 1.93. The number of aromatic nitrogens is 1. The van der Waals surface area contributed by atoms with E-state index in [9.17, 15) is 9.59 Å². The normalized spacial score (nSPS) is 10.1. The Bertz CT molecular complexity index is 367. The first-order valence-electron chi connectivity index (χ1n) is 5.31. The maximum absolute atomic E-state index is 11.3. The van der Waals surface area contributed by atoms with Gasteiger partial charge in [-0.05, 0) is 25.6 Å². The molecule has 1 aromatic rings. The molecule has 0 aliphatic rings. The van der Waals surface area contributed by atoms with Crippen molar-refractivity contribution >= 4 is 5.91 Å². The minimum absolute atomic E-state index is 0.0291. The molecule has 0 aromatic carbocycles. The fourth-order valence-electron chi connectivity index (χ4n) is 1.27. The van der Waals surface area contributed by atoms with Gasteiger partial charge in [-0.3, -0.25) is 9.59 Å². The fraction of sp³-hybridized carbons (Fsp3) is 0.455. The Balaban J connectivity index is 2.26. The van der Waals surface area contributed by atoms with Crippen molar-refractivity contribution < 1.29 is 4.79 Å². The first-order valence-corrected chi connectivity index (χ1v) is 5.31. The monoisotopic (exact) mass is 223 g/mol. The Kier molecular flexibility index (Phi) is 5.28. The molecule has 5 nitrogen and oxygen atoms in total. The second-order valence-corrected chi connectivity index (χ2v) is 3.55. The summed E-state index contributed by atoms with van der Waals surface area (Å²) in [6.45, 7) is 1.29. The Labute approximate surface area is 94.3 Å². The average molecular weight is 223 g/mol. The Morgan fingerprint density at radius 2 is 2.25 bits per heavy atom. The third kappa shape index (κ3) is 4.75. The molecule has 1 amide bonds. The zero-order valence-electron chi connectivity index (χ0n) is 9.38. The van der Waals surface area contributed by atoms with E-state index in [1.165, 1.54) is 6.07 Å². The van der Waals surface area contributed by atoms with Gasteiger partial charge in [0.05, 0.1) is 0 Å². The molecule has 1 aromatic heterocycles. The molecular formula is C11H17N3O2. The summed E-state index contributed by atoms with van der Waals surface area (Å²) in [6.07, 6.45) is 2.95. The number of pyridine rings is 1. The fourth-order valence-corrected chi connectivity index (χ4v) is 1.27. The van der Waals surface area contributed by atoms with E-state index in [1.54, 1.807) is 12.3 Å². The van der Waals surface area contributed by atoms with Gasteiger partial charge < -0.3 is 15.6 Å². The van der Waals surface area contributed by atoms with Crippen LogP contribution >= 0.6 is 0 Å². The van der Waals surface area contributed by atoms with E-state index in [0.29, 0.717) is 13.0 Å². The van der Waals surface area contributed by atoms with Crippen LogP contribution in [0.5, 0.6) is 0 Å². The summed E-state index contributed by atoms with van der Waals surface area (Å²) in [5.41, 5.74) is 0.755. The van der Waals surface area contributed by atoms with Crippen LogP contribution in [0, 0.1) is 0 Å². The van der Waals surface area contributed by atoms with E-state index in [2.05, 4.69) is 15.6 Å². The number of carbonyl (C=O) groups excluding carboxylic acids is 1. The molecule has 5 heteroatoms. The van der Waals surface area contributed by atoms with E-state index >= 15 is 0 Å². The molecule has 0 atom stereocenters. The van der Waals surface area contributed by atoms with Crippen molar-refractivity contribution in [1.82, 2.24) is 15.6 Å². The Hall–Kier alpha value is -1.62. The maximum Gasteiger partial charge on any atom is 0.247 e. The number of hydrogen-bond donors (Lipinski definition) is 3. The number of hydrogen-bond acceptors (Lipinski definition) is 3. The molecule has 0 spiro atoms. The third-order valence-electron chi connectivity index (χ3n) is 2.17.